The predicted molar refractivity (Wildman–Crippen MR) is 110 cm³/mol. The number of nitrogens with zero attached hydrogens (tertiary/aromatic N) is 3. The third kappa shape index (κ3) is 6.66. The number of aryl methyl sites for hydroxylation is 1. The number of fused-ring (bicyclic) bond motifs is 1. The molecule has 1 aliphatic heterocycles. The summed E-state index contributed by atoms with van der Waals surface area (Å²) in [6, 6.07) is 5.02. The molecule has 1 saturated heterocycles. The molecule has 9 heteroatoms. The summed E-state index contributed by atoms with van der Waals surface area (Å²) in [7, 11) is 0. The Morgan fingerprint density at radius 3 is 2.57 bits per heavy atom. The van der Waals surface area contributed by atoms with Crippen molar-refractivity contribution in [2.75, 3.05) is 19.3 Å². The van der Waals surface area contributed by atoms with E-state index in [9.17, 15) is 9.59 Å². The Balaban J connectivity index is 0.00000127. The molecular formula is C19H25ClN3NaO3S. The van der Waals surface area contributed by atoms with E-state index in [1.807, 2.05) is 20.8 Å². The van der Waals surface area contributed by atoms with Gasteiger partial charge in [0.1, 0.15) is 10.8 Å². The van der Waals surface area contributed by atoms with E-state index in [1.165, 1.54) is 0 Å². The minimum absolute atomic E-state index is 0. The van der Waals surface area contributed by atoms with Gasteiger partial charge in [0.2, 0.25) is 0 Å². The van der Waals surface area contributed by atoms with E-state index < -0.39 is 5.60 Å². The van der Waals surface area contributed by atoms with Crippen LogP contribution in [0.2, 0.25) is 5.15 Å². The van der Waals surface area contributed by atoms with E-state index >= 15 is 0 Å². The molecule has 0 unspecified atom stereocenters. The summed E-state index contributed by atoms with van der Waals surface area (Å²) in [4.78, 5) is 29.9. The topological polar surface area (TPSA) is 64.4 Å². The molecule has 0 N–H and O–H groups in total. The van der Waals surface area contributed by atoms with Gasteiger partial charge in [-0.3, -0.25) is 4.79 Å². The van der Waals surface area contributed by atoms with Gasteiger partial charge < -0.3 is 26.8 Å². The van der Waals surface area contributed by atoms with Crippen LogP contribution in [0.4, 0.5) is 4.79 Å². The molecule has 0 atom stereocenters. The van der Waals surface area contributed by atoms with E-state index in [0.717, 1.165) is 17.3 Å². The van der Waals surface area contributed by atoms with Crippen LogP contribution in [-0.2, 0) is 23.9 Å². The van der Waals surface area contributed by atoms with Crippen LogP contribution in [0.15, 0.2) is 29.2 Å². The maximum absolute atomic E-state index is 12.2. The molecule has 0 spiro atoms. The van der Waals surface area contributed by atoms with Gasteiger partial charge in [-0.1, -0.05) is 11.6 Å². The molecule has 0 bridgehead atoms. The monoisotopic (exact) mass is 433 g/mol. The molecule has 6 nitrogen and oxygen atoms in total. The number of rotatable bonds is 3. The van der Waals surface area contributed by atoms with E-state index in [2.05, 4.69) is 17.6 Å². The molecule has 1 amide bonds. The van der Waals surface area contributed by atoms with Crippen LogP contribution in [0.5, 0.6) is 0 Å². The summed E-state index contributed by atoms with van der Waals surface area (Å²) in [5.41, 5.74) is 0.250. The maximum Gasteiger partial charge on any atom is 1.00 e. The van der Waals surface area contributed by atoms with Crippen molar-refractivity contribution in [1.82, 2.24) is 14.5 Å². The van der Waals surface area contributed by atoms with Crippen molar-refractivity contribution in [2.24, 2.45) is 5.92 Å². The first-order valence-corrected chi connectivity index (χ1v) is 9.96. The number of ether oxygens (including phenoxy) is 1. The van der Waals surface area contributed by atoms with Crippen molar-refractivity contribution in [3.05, 3.63) is 39.9 Å². The number of hydrogen-bond donors (Lipinski definition) is 0. The van der Waals surface area contributed by atoms with Crippen LogP contribution in [0, 0.1) is 5.92 Å². The molecule has 2 aromatic rings. The Labute approximate surface area is 198 Å². The van der Waals surface area contributed by atoms with Crippen LogP contribution in [0.1, 0.15) is 27.2 Å². The van der Waals surface area contributed by atoms with E-state index in [-0.39, 0.29) is 41.2 Å². The average molecular weight is 434 g/mol. The van der Waals surface area contributed by atoms with Crippen LogP contribution in [0.3, 0.4) is 0 Å². The molecule has 1 fully saturated rings. The number of likely N-dealkylation sites (tertiary alicyclic amines) is 1. The van der Waals surface area contributed by atoms with E-state index in [4.69, 9.17) is 16.3 Å². The fourth-order valence-corrected chi connectivity index (χ4v) is 3.09. The Hall–Kier alpha value is -0.730. The Kier molecular flexibility index (Phi) is 9.83. The first-order valence-electron chi connectivity index (χ1n) is 8.77. The largest absolute Gasteiger partial charge is 1.00 e. The van der Waals surface area contributed by atoms with Gasteiger partial charge in [0.15, 0.2) is 0 Å². The first kappa shape index (κ1) is 25.3. The van der Waals surface area contributed by atoms with Crippen molar-refractivity contribution in [2.45, 2.75) is 39.3 Å². The fraction of sp³-hybridized carbons (Fsp3) is 0.526. The minimum Gasteiger partial charge on any atom is -0.796 e. The molecule has 148 valence electrons. The second-order valence-corrected chi connectivity index (χ2v) is 7.82. The van der Waals surface area contributed by atoms with Crippen molar-refractivity contribution < 1.29 is 39.1 Å². The molecule has 0 aliphatic carbocycles. The summed E-state index contributed by atoms with van der Waals surface area (Å²) >= 11 is 10.0. The molecular weight excluding hydrogens is 409 g/mol. The predicted octanol–water partition coefficient (Wildman–Crippen LogP) is 0.474. The number of pyridine rings is 2. The number of aromatic nitrogens is 2. The van der Waals surface area contributed by atoms with Crippen LogP contribution in [0.25, 0.3) is 10.9 Å². The van der Waals surface area contributed by atoms with Crippen molar-refractivity contribution in [3.63, 3.8) is 0 Å². The maximum atomic E-state index is 12.2. The molecule has 28 heavy (non-hydrogen) atoms. The SMILES string of the molecule is CC(C)(C)OC(=O)N1CC(CCn2c(=O)ccc3cnc(Cl)cc32)C1.C[S-].[Na+]. The van der Waals surface area contributed by atoms with E-state index in [0.29, 0.717) is 30.7 Å². The standard InChI is InChI=1S/C18H22ClN3O3.CH4S.Na/c1-18(2,3)25-17(24)21-10-12(11-21)6-7-22-14-8-15(19)20-9-13(14)4-5-16(22)23;1-2;/h4-5,8-9,12H,6-7,10-11H2,1-3H3;2H,1H3;/q;;+1/p-1. The summed E-state index contributed by atoms with van der Waals surface area (Å²) in [5.74, 6) is 0.368. The number of carbonyl (C=O) groups excluding carboxylic acids is 1. The van der Waals surface area contributed by atoms with Crippen LogP contribution in [-0.4, -0.2) is 45.5 Å². The Morgan fingerprint density at radius 2 is 1.96 bits per heavy atom. The fourth-order valence-electron chi connectivity index (χ4n) is 2.93. The van der Waals surface area contributed by atoms with Crippen LogP contribution < -0.4 is 35.1 Å². The van der Waals surface area contributed by atoms with Gasteiger partial charge in [-0.15, -0.1) is 0 Å². The molecule has 0 saturated carbocycles. The summed E-state index contributed by atoms with van der Waals surface area (Å²) in [6.07, 6.45) is 3.79. The van der Waals surface area contributed by atoms with Gasteiger partial charge in [0.25, 0.3) is 5.56 Å². The molecule has 2 aromatic heterocycles. The van der Waals surface area contributed by atoms with Gasteiger partial charge >= 0.3 is 35.7 Å². The van der Waals surface area contributed by atoms with Gasteiger partial charge in [-0.25, -0.2) is 9.78 Å². The van der Waals surface area contributed by atoms with Gasteiger partial charge in [0, 0.05) is 37.3 Å². The zero-order valence-electron chi connectivity index (χ0n) is 17.1. The molecule has 1 aliphatic rings. The second-order valence-electron chi connectivity index (χ2n) is 7.43. The summed E-state index contributed by atoms with van der Waals surface area (Å²) in [6.45, 7) is 7.48. The van der Waals surface area contributed by atoms with Crippen molar-refractivity contribution in [3.8, 4) is 0 Å². The normalized spacial score (nSPS) is 13.9. The smallest absolute Gasteiger partial charge is 0.796 e. The molecule has 3 rings (SSSR count). The molecule has 0 aromatic carbocycles. The Morgan fingerprint density at radius 1 is 1.32 bits per heavy atom. The Bertz CT molecular complexity index is 864. The number of hydrogen-bond acceptors (Lipinski definition) is 5. The third-order valence-corrected chi connectivity index (χ3v) is 4.42. The van der Waals surface area contributed by atoms with Gasteiger partial charge in [-0.2, -0.15) is 6.26 Å². The third-order valence-electron chi connectivity index (χ3n) is 4.21. The quantitative estimate of drug-likeness (QED) is 0.400. The van der Waals surface area contributed by atoms with E-state index in [1.54, 1.807) is 40.1 Å². The average Bonchev–Trinajstić information content (AvgIpc) is 2.55. The number of halogens is 1. The first-order chi connectivity index (χ1) is 12.7. The van der Waals surface area contributed by atoms with Crippen LogP contribution >= 0.6 is 11.6 Å². The molecule has 0 radical (unpaired) electrons. The van der Waals surface area contributed by atoms with Crippen molar-refractivity contribution >= 4 is 41.2 Å². The summed E-state index contributed by atoms with van der Waals surface area (Å²) < 4.78 is 7.07. The zero-order valence-corrected chi connectivity index (χ0v) is 20.6. The number of carbonyl (C=O) groups is 1. The zero-order chi connectivity index (χ0) is 20.2. The minimum atomic E-state index is -0.480. The second kappa shape index (κ2) is 10.9. The molecule has 3 heterocycles. The number of amides is 1. The van der Waals surface area contributed by atoms with Gasteiger partial charge in [0.05, 0.1) is 5.52 Å². The summed E-state index contributed by atoms with van der Waals surface area (Å²) in [5, 5.41) is 1.25. The van der Waals surface area contributed by atoms with Gasteiger partial charge in [-0.05, 0) is 45.2 Å². The van der Waals surface area contributed by atoms with Crippen molar-refractivity contribution in [1.29, 1.82) is 0 Å².